The Bertz CT molecular complexity index is 872. The second kappa shape index (κ2) is 8.41. The van der Waals surface area contributed by atoms with Gasteiger partial charge in [-0.05, 0) is 23.3 Å². The van der Waals surface area contributed by atoms with Crippen molar-refractivity contribution in [2.45, 2.75) is 32.5 Å². The molecule has 1 aromatic carbocycles. The van der Waals surface area contributed by atoms with Crippen LogP contribution in [0.25, 0.3) is 11.3 Å². The summed E-state index contributed by atoms with van der Waals surface area (Å²) in [6.07, 6.45) is 0. The zero-order valence-corrected chi connectivity index (χ0v) is 16.5. The number of thioether (sulfide) groups is 1. The zero-order valence-electron chi connectivity index (χ0n) is 14.8. The SMILES string of the molecule is Cc1ccc(-c2csc(NC(=O)CSc3nnnn3CC(C)C)n2)cc1. The number of hydrogen-bond donors (Lipinski definition) is 1. The monoisotopic (exact) mass is 388 g/mol. The molecule has 0 spiro atoms. The molecular weight excluding hydrogens is 368 g/mol. The maximum Gasteiger partial charge on any atom is 0.236 e. The molecule has 3 aromatic rings. The van der Waals surface area contributed by atoms with Crippen LogP contribution in [0.15, 0.2) is 34.8 Å². The van der Waals surface area contributed by atoms with Gasteiger partial charge < -0.3 is 5.32 Å². The Balaban J connectivity index is 1.56. The molecular formula is C17H20N6OS2. The van der Waals surface area contributed by atoms with Gasteiger partial charge in [0.1, 0.15) is 0 Å². The quantitative estimate of drug-likeness (QED) is 0.624. The number of carbonyl (C=O) groups is 1. The summed E-state index contributed by atoms with van der Waals surface area (Å²) < 4.78 is 1.72. The van der Waals surface area contributed by atoms with E-state index in [2.05, 4.69) is 39.7 Å². The minimum atomic E-state index is -0.126. The summed E-state index contributed by atoms with van der Waals surface area (Å²) in [6, 6.07) is 8.15. The molecule has 0 aliphatic rings. The van der Waals surface area contributed by atoms with Crippen molar-refractivity contribution in [1.82, 2.24) is 25.2 Å². The van der Waals surface area contributed by atoms with Gasteiger partial charge in [0, 0.05) is 17.5 Å². The van der Waals surface area contributed by atoms with Crippen molar-refractivity contribution < 1.29 is 4.79 Å². The fourth-order valence-electron chi connectivity index (χ4n) is 2.23. The van der Waals surface area contributed by atoms with Crippen LogP contribution in [0.4, 0.5) is 5.13 Å². The molecule has 0 aliphatic carbocycles. The Hall–Kier alpha value is -2.26. The molecule has 136 valence electrons. The minimum absolute atomic E-state index is 0.126. The fourth-order valence-corrected chi connectivity index (χ4v) is 3.66. The largest absolute Gasteiger partial charge is 0.301 e. The van der Waals surface area contributed by atoms with Crippen LogP contribution in [0, 0.1) is 12.8 Å². The predicted octanol–water partition coefficient (Wildman–Crippen LogP) is 3.49. The van der Waals surface area contributed by atoms with Crippen molar-refractivity contribution >= 4 is 34.1 Å². The molecule has 1 N–H and O–H groups in total. The highest BCUT2D eigenvalue weighted by atomic mass is 32.2. The summed E-state index contributed by atoms with van der Waals surface area (Å²) in [4.78, 5) is 16.7. The number of aromatic nitrogens is 5. The van der Waals surface area contributed by atoms with Crippen molar-refractivity contribution in [3.8, 4) is 11.3 Å². The first-order chi connectivity index (χ1) is 12.5. The Morgan fingerprint density at radius 2 is 2.08 bits per heavy atom. The molecule has 0 atom stereocenters. The highest BCUT2D eigenvalue weighted by molar-refractivity contribution is 7.99. The lowest BCUT2D eigenvalue weighted by Gasteiger charge is -2.06. The predicted molar refractivity (Wildman–Crippen MR) is 104 cm³/mol. The van der Waals surface area contributed by atoms with Crippen molar-refractivity contribution in [2.75, 3.05) is 11.1 Å². The van der Waals surface area contributed by atoms with Gasteiger partial charge in [-0.25, -0.2) is 9.67 Å². The van der Waals surface area contributed by atoms with Gasteiger partial charge in [-0.3, -0.25) is 4.79 Å². The van der Waals surface area contributed by atoms with Crippen LogP contribution in [0.3, 0.4) is 0 Å². The molecule has 1 amide bonds. The smallest absolute Gasteiger partial charge is 0.236 e. The number of rotatable bonds is 7. The number of carbonyl (C=O) groups excluding carboxylic acids is 1. The maximum absolute atomic E-state index is 12.2. The van der Waals surface area contributed by atoms with E-state index in [-0.39, 0.29) is 11.7 Å². The van der Waals surface area contributed by atoms with Crippen molar-refractivity contribution in [1.29, 1.82) is 0 Å². The van der Waals surface area contributed by atoms with Crippen LogP contribution in [0.1, 0.15) is 19.4 Å². The van der Waals surface area contributed by atoms with Crippen LogP contribution < -0.4 is 5.32 Å². The first-order valence-corrected chi connectivity index (χ1v) is 10.1. The van der Waals surface area contributed by atoms with E-state index in [9.17, 15) is 4.79 Å². The Morgan fingerprint density at radius 1 is 1.31 bits per heavy atom. The zero-order chi connectivity index (χ0) is 18.5. The number of anilines is 1. The lowest BCUT2D eigenvalue weighted by Crippen LogP contribution is -2.15. The molecule has 2 heterocycles. The first kappa shape index (κ1) is 18.5. The molecule has 0 saturated heterocycles. The second-order valence-corrected chi connectivity index (χ2v) is 8.08. The average Bonchev–Trinajstić information content (AvgIpc) is 3.23. The van der Waals surface area contributed by atoms with Gasteiger partial charge in [0.15, 0.2) is 5.13 Å². The van der Waals surface area contributed by atoms with E-state index < -0.39 is 0 Å². The van der Waals surface area contributed by atoms with Crippen LogP contribution in [0.5, 0.6) is 0 Å². The second-order valence-electron chi connectivity index (χ2n) is 6.28. The molecule has 9 heteroatoms. The number of tetrazole rings is 1. The van der Waals surface area contributed by atoms with Gasteiger partial charge in [0.2, 0.25) is 11.1 Å². The van der Waals surface area contributed by atoms with E-state index in [0.717, 1.165) is 17.8 Å². The standard InChI is InChI=1S/C17H20N6OS2/c1-11(2)8-23-17(20-21-22-23)26-10-15(24)19-16-18-14(9-25-16)13-6-4-12(3)5-7-13/h4-7,9,11H,8,10H2,1-3H3,(H,18,19,24). The van der Waals surface area contributed by atoms with Crippen LogP contribution in [-0.2, 0) is 11.3 Å². The van der Waals surface area contributed by atoms with Crippen molar-refractivity contribution in [3.63, 3.8) is 0 Å². The highest BCUT2D eigenvalue weighted by Crippen LogP contribution is 2.25. The lowest BCUT2D eigenvalue weighted by atomic mass is 10.1. The van der Waals surface area contributed by atoms with Gasteiger partial charge >= 0.3 is 0 Å². The van der Waals surface area contributed by atoms with E-state index in [4.69, 9.17) is 0 Å². The van der Waals surface area contributed by atoms with E-state index >= 15 is 0 Å². The van der Waals surface area contributed by atoms with Gasteiger partial charge in [0.25, 0.3) is 0 Å². The third-order valence-corrected chi connectivity index (χ3v) is 5.18. The average molecular weight is 389 g/mol. The third kappa shape index (κ3) is 4.89. The van der Waals surface area contributed by atoms with Crippen molar-refractivity contribution in [3.05, 3.63) is 35.2 Å². The molecule has 0 fully saturated rings. The summed E-state index contributed by atoms with van der Waals surface area (Å²) in [5, 5.41) is 17.6. The molecule has 7 nitrogen and oxygen atoms in total. The van der Waals surface area contributed by atoms with E-state index in [1.807, 2.05) is 36.6 Å². The van der Waals surface area contributed by atoms with E-state index in [1.165, 1.54) is 28.7 Å². The topological polar surface area (TPSA) is 85.6 Å². The molecule has 0 saturated carbocycles. The normalized spacial score (nSPS) is 11.1. The number of amides is 1. The third-order valence-electron chi connectivity index (χ3n) is 3.47. The van der Waals surface area contributed by atoms with Crippen LogP contribution in [0.2, 0.25) is 0 Å². The molecule has 3 rings (SSSR count). The summed E-state index contributed by atoms with van der Waals surface area (Å²) in [7, 11) is 0. The molecule has 0 radical (unpaired) electrons. The summed E-state index contributed by atoms with van der Waals surface area (Å²) in [5.74, 6) is 0.541. The highest BCUT2D eigenvalue weighted by Gasteiger charge is 2.12. The minimum Gasteiger partial charge on any atom is -0.301 e. The molecule has 0 bridgehead atoms. The van der Waals surface area contributed by atoms with Gasteiger partial charge in [-0.1, -0.05) is 55.4 Å². The Labute approximate surface area is 160 Å². The number of nitrogens with one attached hydrogen (secondary N) is 1. The number of benzene rings is 1. The van der Waals surface area contributed by atoms with Gasteiger partial charge in [0.05, 0.1) is 11.4 Å². The molecule has 2 aromatic heterocycles. The number of aryl methyl sites for hydroxylation is 1. The van der Waals surface area contributed by atoms with E-state index in [0.29, 0.717) is 16.2 Å². The first-order valence-electron chi connectivity index (χ1n) is 8.22. The summed E-state index contributed by atoms with van der Waals surface area (Å²) >= 11 is 2.73. The summed E-state index contributed by atoms with van der Waals surface area (Å²) in [6.45, 7) is 6.96. The fraction of sp³-hybridized carbons (Fsp3) is 0.353. The van der Waals surface area contributed by atoms with Crippen LogP contribution in [-0.4, -0.2) is 36.9 Å². The number of hydrogen-bond acceptors (Lipinski definition) is 7. The van der Waals surface area contributed by atoms with E-state index in [1.54, 1.807) is 4.68 Å². The van der Waals surface area contributed by atoms with Gasteiger partial charge in [-0.15, -0.1) is 16.4 Å². The number of nitrogens with zero attached hydrogens (tertiary/aromatic N) is 5. The number of thiazole rings is 1. The van der Waals surface area contributed by atoms with Gasteiger partial charge in [-0.2, -0.15) is 0 Å². The maximum atomic E-state index is 12.2. The van der Waals surface area contributed by atoms with Crippen molar-refractivity contribution in [2.24, 2.45) is 5.92 Å². The Morgan fingerprint density at radius 3 is 2.81 bits per heavy atom. The molecule has 0 aliphatic heterocycles. The summed E-state index contributed by atoms with van der Waals surface area (Å²) in [5.41, 5.74) is 3.10. The Kier molecular flexibility index (Phi) is 6.00. The van der Waals surface area contributed by atoms with Crippen LogP contribution >= 0.6 is 23.1 Å². The molecule has 0 unspecified atom stereocenters. The molecule has 26 heavy (non-hydrogen) atoms. The lowest BCUT2D eigenvalue weighted by molar-refractivity contribution is -0.113.